The molecule has 146 valence electrons. The molecule has 0 saturated carbocycles. The molecule has 0 saturated heterocycles. The first-order valence-corrected chi connectivity index (χ1v) is 9.73. The molecule has 28 heavy (non-hydrogen) atoms. The van der Waals surface area contributed by atoms with Gasteiger partial charge in [0, 0.05) is 15.7 Å². The number of aryl methyl sites for hydroxylation is 2. The van der Waals surface area contributed by atoms with E-state index in [1.165, 1.54) is 4.68 Å². The Labute approximate surface area is 170 Å². The van der Waals surface area contributed by atoms with E-state index >= 15 is 0 Å². The summed E-state index contributed by atoms with van der Waals surface area (Å²) in [5.74, 6) is 0.709. The number of hydrogen-bond donors (Lipinski definition) is 1. The largest absolute Gasteiger partial charge is 0.478 e. The SMILES string of the molecule is CCOc1nc(-n2[nH]c(C)c(N=Nc3ccc(Br)cc3)c2=O)nc(C)c1CC. The van der Waals surface area contributed by atoms with Crippen molar-refractivity contribution in [3.63, 3.8) is 0 Å². The quantitative estimate of drug-likeness (QED) is 0.556. The highest BCUT2D eigenvalue weighted by atomic mass is 79.9. The number of nitrogens with zero attached hydrogens (tertiary/aromatic N) is 5. The number of hydrogen-bond acceptors (Lipinski definition) is 6. The normalized spacial score (nSPS) is 11.3. The maximum absolute atomic E-state index is 12.9. The van der Waals surface area contributed by atoms with Crippen LogP contribution >= 0.6 is 15.9 Å². The van der Waals surface area contributed by atoms with Gasteiger partial charge in [0.05, 0.1) is 18.0 Å². The van der Waals surface area contributed by atoms with Gasteiger partial charge in [-0.1, -0.05) is 22.9 Å². The lowest BCUT2D eigenvalue weighted by Crippen LogP contribution is -2.19. The number of azo groups is 1. The minimum absolute atomic E-state index is 0.210. The molecule has 0 atom stereocenters. The summed E-state index contributed by atoms with van der Waals surface area (Å²) in [7, 11) is 0. The Morgan fingerprint density at radius 3 is 2.50 bits per heavy atom. The molecule has 9 heteroatoms. The van der Waals surface area contributed by atoms with Gasteiger partial charge < -0.3 is 4.74 Å². The highest BCUT2D eigenvalue weighted by molar-refractivity contribution is 9.10. The number of rotatable bonds is 6. The summed E-state index contributed by atoms with van der Waals surface area (Å²) >= 11 is 3.37. The Morgan fingerprint density at radius 2 is 1.86 bits per heavy atom. The van der Waals surface area contributed by atoms with Crippen LogP contribution in [0, 0.1) is 13.8 Å². The molecule has 1 N–H and O–H groups in total. The molecular weight excluding hydrogens is 424 g/mol. The molecule has 0 radical (unpaired) electrons. The fourth-order valence-corrected chi connectivity index (χ4v) is 2.99. The molecule has 1 aromatic carbocycles. The van der Waals surface area contributed by atoms with Crippen LogP contribution in [0.2, 0.25) is 0 Å². The average molecular weight is 445 g/mol. The van der Waals surface area contributed by atoms with Crippen molar-refractivity contribution in [2.24, 2.45) is 10.2 Å². The topological polar surface area (TPSA) is 97.5 Å². The van der Waals surface area contributed by atoms with E-state index in [9.17, 15) is 4.79 Å². The van der Waals surface area contributed by atoms with Crippen molar-refractivity contribution in [1.29, 1.82) is 0 Å². The molecule has 0 spiro atoms. The molecule has 0 aliphatic heterocycles. The van der Waals surface area contributed by atoms with Gasteiger partial charge in [-0.3, -0.25) is 9.89 Å². The van der Waals surface area contributed by atoms with Gasteiger partial charge in [0.25, 0.3) is 5.95 Å². The molecular formula is C19H21BrN6O2. The molecule has 0 fully saturated rings. The van der Waals surface area contributed by atoms with Crippen molar-refractivity contribution in [3.8, 4) is 11.8 Å². The van der Waals surface area contributed by atoms with Gasteiger partial charge in [0.2, 0.25) is 5.88 Å². The maximum atomic E-state index is 12.9. The third kappa shape index (κ3) is 4.04. The maximum Gasteiger partial charge on any atom is 0.301 e. The molecule has 0 unspecified atom stereocenters. The van der Waals surface area contributed by atoms with Crippen molar-refractivity contribution < 1.29 is 4.74 Å². The number of aromatic amines is 1. The lowest BCUT2D eigenvalue weighted by molar-refractivity contribution is 0.321. The van der Waals surface area contributed by atoms with Crippen molar-refractivity contribution in [2.75, 3.05) is 6.61 Å². The summed E-state index contributed by atoms with van der Waals surface area (Å²) < 4.78 is 7.84. The summed E-state index contributed by atoms with van der Waals surface area (Å²) in [6, 6.07) is 7.33. The van der Waals surface area contributed by atoms with Crippen LogP contribution < -0.4 is 10.3 Å². The molecule has 0 bridgehead atoms. The highest BCUT2D eigenvalue weighted by Gasteiger charge is 2.18. The summed E-state index contributed by atoms with van der Waals surface area (Å²) in [4.78, 5) is 21.7. The number of halogens is 1. The van der Waals surface area contributed by atoms with Crippen molar-refractivity contribution >= 4 is 27.3 Å². The third-order valence-corrected chi connectivity index (χ3v) is 4.66. The number of ether oxygens (including phenoxy) is 1. The number of benzene rings is 1. The van der Waals surface area contributed by atoms with E-state index in [2.05, 4.69) is 41.2 Å². The first-order valence-electron chi connectivity index (χ1n) is 8.94. The van der Waals surface area contributed by atoms with E-state index in [0.29, 0.717) is 23.9 Å². The zero-order chi connectivity index (χ0) is 20.3. The standard InChI is InChI=1S/C19H21BrN6O2/c1-5-15-11(3)21-19(22-17(15)28-6-2)26-18(27)16(12(4)25-26)24-23-14-9-7-13(20)8-10-14/h7-10,25H,5-6H2,1-4H3. The van der Waals surface area contributed by atoms with Gasteiger partial charge in [-0.05, 0) is 51.5 Å². The van der Waals surface area contributed by atoms with Gasteiger partial charge in [0.1, 0.15) is 0 Å². The molecule has 8 nitrogen and oxygen atoms in total. The summed E-state index contributed by atoms with van der Waals surface area (Å²) in [6.45, 7) is 8.02. The Bertz CT molecular complexity index is 1070. The third-order valence-electron chi connectivity index (χ3n) is 4.13. The monoisotopic (exact) mass is 444 g/mol. The second-order valence-corrected chi connectivity index (χ2v) is 7.00. The van der Waals surface area contributed by atoms with Gasteiger partial charge in [-0.2, -0.15) is 14.8 Å². The van der Waals surface area contributed by atoms with Crippen LogP contribution in [-0.2, 0) is 6.42 Å². The molecule has 0 aliphatic carbocycles. The summed E-state index contributed by atoms with van der Waals surface area (Å²) in [5.41, 5.74) is 2.76. The van der Waals surface area contributed by atoms with Crippen LogP contribution in [0.15, 0.2) is 43.8 Å². The van der Waals surface area contributed by atoms with Crippen molar-refractivity contribution in [1.82, 2.24) is 19.7 Å². The fourth-order valence-electron chi connectivity index (χ4n) is 2.73. The van der Waals surface area contributed by atoms with Crippen molar-refractivity contribution in [3.05, 3.63) is 56.0 Å². The van der Waals surface area contributed by atoms with Crippen molar-refractivity contribution in [2.45, 2.75) is 34.1 Å². The van der Waals surface area contributed by atoms with Gasteiger partial charge in [0.15, 0.2) is 5.69 Å². The van der Waals surface area contributed by atoms with Crippen LogP contribution in [0.1, 0.15) is 30.8 Å². The zero-order valence-electron chi connectivity index (χ0n) is 16.2. The molecule has 0 aliphatic rings. The number of H-pyrrole nitrogens is 1. The number of aromatic nitrogens is 4. The van der Waals surface area contributed by atoms with Crippen LogP contribution in [-0.4, -0.2) is 26.4 Å². The fraction of sp³-hybridized carbons (Fsp3) is 0.316. The average Bonchev–Trinajstić information content (AvgIpc) is 2.95. The lowest BCUT2D eigenvalue weighted by atomic mass is 10.2. The Hall–Kier alpha value is -2.81. The minimum atomic E-state index is -0.371. The second-order valence-electron chi connectivity index (χ2n) is 6.08. The van der Waals surface area contributed by atoms with Crippen LogP contribution in [0.4, 0.5) is 11.4 Å². The smallest absolute Gasteiger partial charge is 0.301 e. The van der Waals surface area contributed by atoms with E-state index in [0.717, 1.165) is 22.2 Å². The van der Waals surface area contributed by atoms with E-state index < -0.39 is 0 Å². The lowest BCUT2D eigenvalue weighted by Gasteiger charge is -2.11. The Balaban J connectivity index is 2.02. The first-order chi connectivity index (χ1) is 13.4. The van der Waals surface area contributed by atoms with Crippen LogP contribution in [0.3, 0.4) is 0 Å². The number of nitrogens with one attached hydrogen (secondary N) is 1. The summed E-state index contributed by atoms with van der Waals surface area (Å²) in [5, 5.41) is 11.2. The van der Waals surface area contributed by atoms with Crippen LogP contribution in [0.5, 0.6) is 5.88 Å². The van der Waals surface area contributed by atoms with Gasteiger partial charge in [-0.15, -0.1) is 5.11 Å². The summed E-state index contributed by atoms with van der Waals surface area (Å²) in [6.07, 6.45) is 0.743. The predicted octanol–water partition coefficient (Wildman–Crippen LogP) is 4.71. The van der Waals surface area contributed by atoms with E-state index in [4.69, 9.17) is 4.74 Å². The minimum Gasteiger partial charge on any atom is -0.478 e. The Kier molecular flexibility index (Phi) is 6.03. The van der Waals surface area contributed by atoms with E-state index in [1.807, 2.05) is 32.9 Å². The first kappa shape index (κ1) is 19.9. The van der Waals surface area contributed by atoms with E-state index in [1.54, 1.807) is 19.1 Å². The second kappa shape index (κ2) is 8.47. The predicted molar refractivity (Wildman–Crippen MR) is 110 cm³/mol. The molecule has 3 aromatic rings. The Morgan fingerprint density at radius 1 is 1.14 bits per heavy atom. The molecule has 2 heterocycles. The molecule has 3 rings (SSSR count). The molecule has 0 amide bonds. The van der Waals surface area contributed by atoms with Crippen LogP contribution in [0.25, 0.3) is 5.95 Å². The van der Waals surface area contributed by atoms with Gasteiger partial charge in [-0.25, -0.2) is 4.98 Å². The van der Waals surface area contributed by atoms with E-state index in [-0.39, 0.29) is 17.2 Å². The zero-order valence-corrected chi connectivity index (χ0v) is 17.7. The van der Waals surface area contributed by atoms with Gasteiger partial charge >= 0.3 is 5.56 Å². The highest BCUT2D eigenvalue weighted by Crippen LogP contribution is 2.23. The molecule has 2 aromatic heterocycles.